The van der Waals surface area contributed by atoms with Crippen LogP contribution in [0.1, 0.15) is 39.2 Å². The molecule has 0 saturated carbocycles. The van der Waals surface area contributed by atoms with Crippen molar-refractivity contribution in [3.8, 4) is 5.75 Å². The molecule has 0 spiro atoms. The summed E-state index contributed by atoms with van der Waals surface area (Å²) in [6.45, 7) is 7.20. The second-order valence-electron chi connectivity index (χ2n) is 8.21. The summed E-state index contributed by atoms with van der Waals surface area (Å²) in [4.78, 5) is 16.8. The Labute approximate surface area is 155 Å². The Bertz CT molecular complexity index is 626. The maximum atomic E-state index is 12.7. The molecule has 2 aliphatic rings. The molecule has 1 aromatic carbocycles. The summed E-state index contributed by atoms with van der Waals surface area (Å²) in [5.74, 6) is 0.835. The number of methoxy groups -OCH3 is 1. The molecule has 2 heterocycles. The summed E-state index contributed by atoms with van der Waals surface area (Å²) in [6.07, 6.45) is 1.61. The number of piperazine rings is 1. The van der Waals surface area contributed by atoms with Crippen LogP contribution in [0.15, 0.2) is 24.3 Å². The van der Waals surface area contributed by atoms with Gasteiger partial charge in [0.15, 0.2) is 0 Å². The lowest BCUT2D eigenvalue weighted by atomic mass is 10.0. The van der Waals surface area contributed by atoms with Crippen molar-refractivity contribution in [2.75, 3.05) is 20.3 Å². The molecule has 2 aliphatic heterocycles. The molecule has 2 fully saturated rings. The number of likely N-dealkylation sites (tertiary alicyclic amines) is 1. The Morgan fingerprint density at radius 1 is 1.23 bits per heavy atom. The third-order valence-corrected chi connectivity index (χ3v) is 5.24. The lowest BCUT2D eigenvalue weighted by Gasteiger charge is -2.46. The van der Waals surface area contributed by atoms with Crippen molar-refractivity contribution in [3.05, 3.63) is 29.8 Å². The lowest BCUT2D eigenvalue weighted by molar-refractivity contribution is -0.0353. The van der Waals surface area contributed by atoms with Gasteiger partial charge in [0, 0.05) is 19.1 Å². The van der Waals surface area contributed by atoms with Gasteiger partial charge in [0.25, 0.3) is 0 Å². The molecule has 6 nitrogen and oxygen atoms in total. The predicted octanol–water partition coefficient (Wildman–Crippen LogP) is 2.64. The quantitative estimate of drug-likeness (QED) is 0.892. The molecule has 0 radical (unpaired) electrons. The van der Waals surface area contributed by atoms with Crippen LogP contribution in [0.5, 0.6) is 5.75 Å². The van der Waals surface area contributed by atoms with Crippen LogP contribution >= 0.6 is 0 Å². The summed E-state index contributed by atoms with van der Waals surface area (Å²) < 4.78 is 10.8. The van der Waals surface area contributed by atoms with Crippen LogP contribution in [-0.4, -0.2) is 65.0 Å². The first-order valence-electron chi connectivity index (χ1n) is 9.31. The molecule has 6 heteroatoms. The number of aliphatic hydroxyl groups is 1. The minimum atomic E-state index is -0.508. The van der Waals surface area contributed by atoms with E-state index in [0.29, 0.717) is 0 Å². The Morgan fingerprint density at radius 3 is 2.50 bits per heavy atom. The lowest BCUT2D eigenvalue weighted by Crippen LogP contribution is -2.62. The average Bonchev–Trinajstić information content (AvgIpc) is 2.90. The molecule has 2 saturated heterocycles. The van der Waals surface area contributed by atoms with Crippen LogP contribution in [0.3, 0.4) is 0 Å². The zero-order chi connectivity index (χ0) is 18.9. The third kappa shape index (κ3) is 3.96. The van der Waals surface area contributed by atoms with Crippen LogP contribution in [0.25, 0.3) is 0 Å². The molecule has 1 N–H and O–H groups in total. The highest BCUT2D eigenvalue weighted by atomic mass is 16.6. The zero-order valence-electron chi connectivity index (χ0n) is 16.1. The minimum absolute atomic E-state index is 0.00634. The van der Waals surface area contributed by atoms with E-state index in [9.17, 15) is 9.90 Å². The fourth-order valence-electron chi connectivity index (χ4n) is 4.10. The van der Waals surface area contributed by atoms with E-state index in [4.69, 9.17) is 9.47 Å². The van der Waals surface area contributed by atoms with Crippen LogP contribution < -0.4 is 4.74 Å². The molecule has 144 valence electrons. The molecule has 3 atom stereocenters. The van der Waals surface area contributed by atoms with Crippen molar-refractivity contribution in [2.24, 2.45) is 0 Å². The molecule has 1 amide bonds. The highest BCUT2D eigenvalue weighted by molar-refractivity contribution is 5.70. The number of hydrogen-bond acceptors (Lipinski definition) is 5. The number of rotatable bonds is 4. The number of amides is 1. The number of aliphatic hydroxyl groups excluding tert-OH is 1. The highest BCUT2D eigenvalue weighted by Crippen LogP contribution is 2.36. The molecular formula is C20H30N2O4. The topological polar surface area (TPSA) is 62.2 Å². The first-order chi connectivity index (χ1) is 12.3. The smallest absolute Gasteiger partial charge is 0.410 e. The van der Waals surface area contributed by atoms with Crippen molar-refractivity contribution in [1.29, 1.82) is 0 Å². The molecule has 0 aromatic heterocycles. The van der Waals surface area contributed by atoms with E-state index in [0.717, 1.165) is 31.7 Å². The van der Waals surface area contributed by atoms with Gasteiger partial charge in [-0.2, -0.15) is 0 Å². The minimum Gasteiger partial charge on any atom is -0.497 e. The molecule has 0 unspecified atom stereocenters. The molecule has 2 bridgehead atoms. The van der Waals surface area contributed by atoms with Gasteiger partial charge in [-0.1, -0.05) is 12.1 Å². The number of ether oxygens (including phenoxy) is 2. The molecule has 26 heavy (non-hydrogen) atoms. The van der Waals surface area contributed by atoms with Gasteiger partial charge in [0.1, 0.15) is 11.4 Å². The van der Waals surface area contributed by atoms with E-state index in [1.807, 2.05) is 37.8 Å². The van der Waals surface area contributed by atoms with Crippen LogP contribution in [-0.2, 0) is 11.3 Å². The Morgan fingerprint density at radius 2 is 1.92 bits per heavy atom. The van der Waals surface area contributed by atoms with Crippen molar-refractivity contribution in [1.82, 2.24) is 9.80 Å². The van der Waals surface area contributed by atoms with Crippen LogP contribution in [0.4, 0.5) is 4.79 Å². The van der Waals surface area contributed by atoms with Crippen molar-refractivity contribution in [3.63, 3.8) is 0 Å². The van der Waals surface area contributed by atoms with Crippen molar-refractivity contribution >= 4 is 6.09 Å². The van der Waals surface area contributed by atoms with Crippen molar-refractivity contribution < 1.29 is 19.4 Å². The van der Waals surface area contributed by atoms with Crippen LogP contribution in [0, 0.1) is 0 Å². The third-order valence-electron chi connectivity index (χ3n) is 5.24. The SMILES string of the molecule is COc1ccc(CN2C[C@@H]3CC[C@H]([C@H]2CO)N3C(=O)OC(C)(C)C)cc1. The standard InChI is InChI=1S/C20H30N2O4/c1-20(2,3)26-19(24)22-15-7-10-17(22)18(13-23)21(12-15)11-14-5-8-16(25-4)9-6-14/h5-6,8-9,15,17-18,23H,7,10-13H2,1-4H3/t15-,17+,18+/m0/s1. The van der Waals surface area contributed by atoms with Gasteiger partial charge in [-0.3, -0.25) is 9.80 Å². The largest absolute Gasteiger partial charge is 0.497 e. The fraction of sp³-hybridized carbons (Fsp3) is 0.650. The van der Waals surface area contributed by atoms with Crippen LogP contribution in [0.2, 0.25) is 0 Å². The van der Waals surface area contributed by atoms with Gasteiger partial charge in [-0.25, -0.2) is 4.79 Å². The Hall–Kier alpha value is -1.79. The molecule has 1 aromatic rings. The number of fused-ring (bicyclic) bond motifs is 2. The number of hydrogen-bond donors (Lipinski definition) is 1. The van der Waals surface area contributed by atoms with E-state index in [1.54, 1.807) is 7.11 Å². The van der Waals surface area contributed by atoms with E-state index in [2.05, 4.69) is 17.0 Å². The summed E-state index contributed by atoms with van der Waals surface area (Å²) in [7, 11) is 1.66. The van der Waals surface area contributed by atoms with Gasteiger partial charge < -0.3 is 14.6 Å². The number of nitrogens with zero attached hydrogens (tertiary/aromatic N) is 2. The van der Waals surface area contributed by atoms with Gasteiger partial charge in [-0.05, 0) is 51.3 Å². The second-order valence-corrected chi connectivity index (χ2v) is 8.21. The highest BCUT2D eigenvalue weighted by Gasteiger charge is 2.49. The van der Waals surface area contributed by atoms with E-state index < -0.39 is 5.60 Å². The van der Waals surface area contributed by atoms with E-state index in [-0.39, 0.29) is 30.8 Å². The summed E-state index contributed by atoms with van der Waals surface area (Å²) in [5, 5.41) is 10.0. The van der Waals surface area contributed by atoms with Gasteiger partial charge in [-0.15, -0.1) is 0 Å². The van der Waals surface area contributed by atoms with Gasteiger partial charge in [0.2, 0.25) is 0 Å². The summed E-state index contributed by atoms with van der Waals surface area (Å²) in [5.41, 5.74) is 0.667. The molecular weight excluding hydrogens is 332 g/mol. The number of carbonyl (C=O) groups excluding carboxylic acids is 1. The zero-order valence-corrected chi connectivity index (χ0v) is 16.1. The Kier molecular flexibility index (Phi) is 5.44. The van der Waals surface area contributed by atoms with Crippen molar-refractivity contribution in [2.45, 2.75) is 63.9 Å². The van der Waals surface area contributed by atoms with E-state index >= 15 is 0 Å². The first kappa shape index (κ1) is 19.0. The predicted molar refractivity (Wildman–Crippen MR) is 99.2 cm³/mol. The Balaban J connectivity index is 1.72. The monoisotopic (exact) mass is 362 g/mol. The first-order valence-corrected chi connectivity index (χ1v) is 9.31. The second kappa shape index (κ2) is 7.45. The number of carbonyl (C=O) groups is 1. The number of benzene rings is 1. The normalized spacial score (nSPS) is 26.0. The fourth-order valence-corrected chi connectivity index (χ4v) is 4.10. The maximum absolute atomic E-state index is 12.7. The molecule has 3 rings (SSSR count). The maximum Gasteiger partial charge on any atom is 0.410 e. The molecule has 0 aliphatic carbocycles. The van der Waals surface area contributed by atoms with Gasteiger partial charge >= 0.3 is 6.09 Å². The van der Waals surface area contributed by atoms with E-state index in [1.165, 1.54) is 5.56 Å². The van der Waals surface area contributed by atoms with Gasteiger partial charge in [0.05, 0.1) is 25.8 Å². The summed E-state index contributed by atoms with van der Waals surface area (Å²) in [6, 6.07) is 8.10. The average molecular weight is 362 g/mol. The summed E-state index contributed by atoms with van der Waals surface area (Å²) >= 11 is 0.